The summed E-state index contributed by atoms with van der Waals surface area (Å²) in [5.74, 6) is -0.968. The number of carbonyl (C=O) groups is 2. The summed E-state index contributed by atoms with van der Waals surface area (Å²) in [6.45, 7) is 2.01. The molecule has 96 valence electrons. The third-order valence-corrected chi connectivity index (χ3v) is 2.78. The maximum atomic E-state index is 11.5. The highest BCUT2D eigenvalue weighted by atomic mass is 32.1. The average molecular weight is 272 g/mol. The van der Waals surface area contributed by atoms with Crippen LogP contribution in [0, 0.1) is 6.92 Å². The first-order valence-corrected chi connectivity index (χ1v) is 6.09. The van der Waals surface area contributed by atoms with Crippen molar-refractivity contribution >= 4 is 35.2 Å². The predicted octanol–water partition coefficient (Wildman–Crippen LogP) is 1.47. The number of aryl methyl sites for hydroxylation is 1. The Labute approximate surface area is 116 Å². The molecule has 1 fully saturated rings. The Morgan fingerprint density at radius 2 is 1.63 bits per heavy atom. The Bertz CT molecular complexity index is 578. The van der Waals surface area contributed by atoms with Crippen LogP contribution in [0.3, 0.4) is 0 Å². The Balaban J connectivity index is 2.13. The lowest BCUT2D eigenvalue weighted by atomic mass is 10.1. The van der Waals surface area contributed by atoms with Gasteiger partial charge in [0.25, 0.3) is 11.8 Å². The largest absolute Gasteiger partial charge is 0.299 e. The van der Waals surface area contributed by atoms with Crippen molar-refractivity contribution in [3.05, 3.63) is 53.1 Å². The molecule has 19 heavy (non-hydrogen) atoms. The zero-order valence-corrected chi connectivity index (χ0v) is 11.1. The van der Waals surface area contributed by atoms with E-state index in [1.165, 1.54) is 11.6 Å². The molecule has 1 aromatic carbocycles. The van der Waals surface area contributed by atoms with Crippen molar-refractivity contribution in [3.8, 4) is 0 Å². The molecule has 0 atom stereocenters. The van der Waals surface area contributed by atoms with Gasteiger partial charge >= 0.3 is 0 Å². The van der Waals surface area contributed by atoms with E-state index < -0.39 is 11.8 Å². The second kappa shape index (κ2) is 5.58. The number of rotatable bonds is 2. The lowest BCUT2D eigenvalue weighted by Crippen LogP contribution is -2.51. The highest BCUT2D eigenvalue weighted by molar-refractivity contribution is 7.80. The van der Waals surface area contributed by atoms with Crippen molar-refractivity contribution in [2.45, 2.75) is 6.92 Å². The second-order valence-electron chi connectivity index (χ2n) is 4.09. The van der Waals surface area contributed by atoms with E-state index in [1.54, 1.807) is 6.08 Å². The molecule has 0 aliphatic carbocycles. The Hall–Kier alpha value is -2.27. The number of allylic oxidation sites excluding steroid dienone is 2. The molecule has 0 radical (unpaired) electrons. The smallest absolute Gasteiger partial charge is 0.263 e. The van der Waals surface area contributed by atoms with Gasteiger partial charge in [-0.05, 0) is 30.8 Å². The molecule has 1 saturated heterocycles. The van der Waals surface area contributed by atoms with Gasteiger partial charge in [-0.1, -0.05) is 42.0 Å². The topological polar surface area (TPSA) is 58.2 Å². The molecule has 1 heterocycles. The number of benzene rings is 1. The quantitative estimate of drug-likeness (QED) is 0.487. The van der Waals surface area contributed by atoms with E-state index in [2.05, 4.69) is 10.6 Å². The molecule has 1 aliphatic rings. The number of hydrogen-bond acceptors (Lipinski definition) is 3. The van der Waals surface area contributed by atoms with Gasteiger partial charge in [-0.15, -0.1) is 0 Å². The van der Waals surface area contributed by atoms with Crippen LogP contribution in [0.4, 0.5) is 0 Å². The van der Waals surface area contributed by atoms with Gasteiger partial charge in [-0.2, -0.15) is 0 Å². The zero-order chi connectivity index (χ0) is 13.8. The molecule has 2 amide bonds. The Morgan fingerprint density at radius 3 is 2.21 bits per heavy atom. The van der Waals surface area contributed by atoms with E-state index in [4.69, 9.17) is 12.2 Å². The number of amides is 2. The van der Waals surface area contributed by atoms with Gasteiger partial charge in [-0.25, -0.2) is 0 Å². The van der Waals surface area contributed by atoms with Crippen molar-refractivity contribution < 1.29 is 9.59 Å². The molecule has 4 nitrogen and oxygen atoms in total. The summed E-state index contributed by atoms with van der Waals surface area (Å²) < 4.78 is 0. The normalized spacial score (nSPS) is 15.4. The van der Waals surface area contributed by atoms with Crippen LogP contribution >= 0.6 is 12.2 Å². The van der Waals surface area contributed by atoms with Crippen molar-refractivity contribution in [2.24, 2.45) is 0 Å². The molecule has 0 unspecified atom stereocenters. The number of carbonyl (C=O) groups excluding carboxylic acids is 2. The maximum absolute atomic E-state index is 11.5. The molecular weight excluding hydrogens is 260 g/mol. The van der Waals surface area contributed by atoms with E-state index >= 15 is 0 Å². The van der Waals surface area contributed by atoms with Gasteiger partial charge < -0.3 is 0 Å². The van der Waals surface area contributed by atoms with E-state index in [0.717, 1.165) is 5.56 Å². The monoisotopic (exact) mass is 272 g/mol. The van der Waals surface area contributed by atoms with E-state index in [1.807, 2.05) is 37.3 Å². The molecule has 0 saturated carbocycles. The third-order valence-electron chi connectivity index (χ3n) is 2.57. The SMILES string of the molecule is Cc1ccc(C=CC=C2C(=O)NC(=S)NC2=O)cc1. The van der Waals surface area contributed by atoms with E-state index in [9.17, 15) is 9.59 Å². The fourth-order valence-electron chi connectivity index (χ4n) is 1.56. The van der Waals surface area contributed by atoms with Crippen molar-refractivity contribution in [2.75, 3.05) is 0 Å². The Kier molecular flexibility index (Phi) is 3.87. The highest BCUT2D eigenvalue weighted by Gasteiger charge is 2.24. The standard InChI is InChI=1S/C14H12N2O2S/c1-9-5-7-10(8-6-9)3-2-4-11-12(17)15-14(19)16-13(11)18/h2-8H,1H3,(H2,15,16,17,18,19). The maximum Gasteiger partial charge on any atom is 0.263 e. The Morgan fingerprint density at radius 1 is 1.05 bits per heavy atom. The summed E-state index contributed by atoms with van der Waals surface area (Å²) in [4.78, 5) is 23.1. The molecule has 1 aliphatic heterocycles. The molecular formula is C14H12N2O2S. The predicted molar refractivity (Wildman–Crippen MR) is 77.2 cm³/mol. The molecule has 0 aromatic heterocycles. The second-order valence-corrected chi connectivity index (χ2v) is 4.50. The average Bonchev–Trinajstić information content (AvgIpc) is 2.34. The lowest BCUT2D eigenvalue weighted by molar-refractivity contribution is -0.123. The first-order chi connectivity index (χ1) is 9.06. The van der Waals surface area contributed by atoms with Crippen LogP contribution in [0.1, 0.15) is 11.1 Å². The minimum atomic E-state index is -0.484. The van der Waals surface area contributed by atoms with Crippen LogP contribution < -0.4 is 10.6 Å². The first-order valence-electron chi connectivity index (χ1n) is 5.68. The summed E-state index contributed by atoms with van der Waals surface area (Å²) in [7, 11) is 0. The van der Waals surface area contributed by atoms with Gasteiger partial charge in [0.1, 0.15) is 5.57 Å². The molecule has 1 aromatic rings. The van der Waals surface area contributed by atoms with Gasteiger partial charge in [-0.3, -0.25) is 20.2 Å². The number of thiocarbonyl (C=S) groups is 1. The van der Waals surface area contributed by atoms with Crippen molar-refractivity contribution in [3.63, 3.8) is 0 Å². The summed E-state index contributed by atoms with van der Waals surface area (Å²) in [5, 5.41) is 4.79. The van der Waals surface area contributed by atoms with Crippen LogP contribution in [-0.2, 0) is 9.59 Å². The molecule has 5 heteroatoms. The van der Waals surface area contributed by atoms with Crippen LogP contribution in [0.5, 0.6) is 0 Å². The lowest BCUT2D eigenvalue weighted by Gasteiger charge is -2.15. The minimum Gasteiger partial charge on any atom is -0.299 e. The number of hydrogen-bond donors (Lipinski definition) is 2. The summed E-state index contributed by atoms with van der Waals surface area (Å²) in [6, 6.07) is 7.90. The van der Waals surface area contributed by atoms with Gasteiger partial charge in [0, 0.05) is 0 Å². The third kappa shape index (κ3) is 3.35. The number of nitrogens with one attached hydrogen (secondary N) is 2. The zero-order valence-electron chi connectivity index (χ0n) is 10.3. The van der Waals surface area contributed by atoms with Crippen LogP contribution in [0.2, 0.25) is 0 Å². The van der Waals surface area contributed by atoms with E-state index in [0.29, 0.717) is 0 Å². The molecule has 0 bridgehead atoms. The summed E-state index contributed by atoms with van der Waals surface area (Å²) >= 11 is 4.70. The van der Waals surface area contributed by atoms with Crippen LogP contribution in [0.15, 0.2) is 42.0 Å². The van der Waals surface area contributed by atoms with Crippen molar-refractivity contribution in [1.82, 2.24) is 10.6 Å². The molecule has 0 spiro atoms. The van der Waals surface area contributed by atoms with Gasteiger partial charge in [0.05, 0.1) is 0 Å². The first kappa shape index (κ1) is 13.2. The highest BCUT2D eigenvalue weighted by Crippen LogP contribution is 2.06. The molecule has 2 N–H and O–H groups in total. The fourth-order valence-corrected chi connectivity index (χ4v) is 1.75. The summed E-state index contributed by atoms with van der Waals surface area (Å²) in [6.07, 6.45) is 4.94. The van der Waals surface area contributed by atoms with Gasteiger partial charge in [0.2, 0.25) is 0 Å². The van der Waals surface area contributed by atoms with Crippen LogP contribution in [0.25, 0.3) is 6.08 Å². The summed E-state index contributed by atoms with van der Waals surface area (Å²) in [5.41, 5.74) is 2.21. The van der Waals surface area contributed by atoms with Gasteiger partial charge in [0.15, 0.2) is 5.11 Å². The fraction of sp³-hybridized carbons (Fsp3) is 0.0714. The molecule has 2 rings (SSSR count). The van der Waals surface area contributed by atoms with Crippen molar-refractivity contribution in [1.29, 1.82) is 0 Å². The minimum absolute atomic E-state index is 0.0367. The van der Waals surface area contributed by atoms with E-state index in [-0.39, 0.29) is 10.7 Å². The van der Waals surface area contributed by atoms with Crippen LogP contribution in [-0.4, -0.2) is 16.9 Å².